The number of likely N-dealkylation sites (N-methyl/N-ethyl adjacent to an activating group) is 1. The minimum absolute atomic E-state index is 0.0321. The van der Waals surface area contributed by atoms with E-state index in [0.717, 1.165) is 24.7 Å². The molecule has 2 N–H and O–H groups in total. The third kappa shape index (κ3) is 5.75. The Balaban J connectivity index is 1.69. The molecule has 2 amide bonds. The van der Waals surface area contributed by atoms with Crippen molar-refractivity contribution >= 4 is 51.1 Å². The molecular weight excluding hydrogens is 469 g/mol. The van der Waals surface area contributed by atoms with Crippen molar-refractivity contribution in [2.75, 3.05) is 25.0 Å². The first-order valence-electron chi connectivity index (χ1n) is 10.2. The van der Waals surface area contributed by atoms with Crippen molar-refractivity contribution in [3.8, 4) is 0 Å². The molecule has 1 unspecified atom stereocenters. The SMILES string of the molecule is CCN(CC)C(CNC(=O)c1sc(NC(=O)c2ccc(F)cc2Cl)cc1C)c1ccsc1. The molecule has 1 aromatic carbocycles. The molecule has 0 spiro atoms. The third-order valence-corrected chi connectivity index (χ3v) is 7.34. The Kier molecular flexibility index (Phi) is 8.42. The minimum atomic E-state index is -0.511. The first-order chi connectivity index (χ1) is 15.3. The molecule has 0 bridgehead atoms. The first kappa shape index (κ1) is 24.4. The van der Waals surface area contributed by atoms with Crippen molar-refractivity contribution in [1.29, 1.82) is 0 Å². The Morgan fingerprint density at radius 3 is 2.53 bits per heavy atom. The van der Waals surface area contributed by atoms with E-state index in [1.165, 1.54) is 29.0 Å². The highest BCUT2D eigenvalue weighted by molar-refractivity contribution is 7.18. The quantitative estimate of drug-likeness (QED) is 0.385. The lowest BCUT2D eigenvalue weighted by Crippen LogP contribution is -2.37. The molecule has 0 aliphatic heterocycles. The zero-order valence-corrected chi connectivity index (χ0v) is 20.5. The lowest BCUT2D eigenvalue weighted by Gasteiger charge is -2.29. The summed E-state index contributed by atoms with van der Waals surface area (Å²) >= 11 is 8.81. The fourth-order valence-corrected chi connectivity index (χ4v) is 5.42. The van der Waals surface area contributed by atoms with Crippen LogP contribution in [-0.2, 0) is 0 Å². The Bertz CT molecular complexity index is 1080. The van der Waals surface area contributed by atoms with Gasteiger partial charge in [0.15, 0.2) is 0 Å². The number of carbonyl (C=O) groups is 2. The molecule has 0 aliphatic carbocycles. The number of hydrogen-bond acceptors (Lipinski definition) is 5. The van der Waals surface area contributed by atoms with E-state index in [-0.39, 0.29) is 22.5 Å². The van der Waals surface area contributed by atoms with E-state index in [0.29, 0.717) is 16.4 Å². The van der Waals surface area contributed by atoms with Gasteiger partial charge < -0.3 is 10.6 Å². The molecule has 5 nitrogen and oxygen atoms in total. The molecule has 0 saturated heterocycles. The molecule has 3 rings (SSSR count). The average Bonchev–Trinajstić information content (AvgIpc) is 3.40. The highest BCUT2D eigenvalue weighted by Gasteiger charge is 2.21. The zero-order valence-electron chi connectivity index (χ0n) is 18.1. The van der Waals surface area contributed by atoms with Gasteiger partial charge in [0.2, 0.25) is 0 Å². The Morgan fingerprint density at radius 2 is 1.91 bits per heavy atom. The topological polar surface area (TPSA) is 61.4 Å². The number of amides is 2. The molecule has 3 aromatic rings. The maximum absolute atomic E-state index is 13.2. The van der Waals surface area contributed by atoms with Crippen LogP contribution in [0.25, 0.3) is 0 Å². The fourth-order valence-electron chi connectivity index (χ4n) is 3.48. The summed E-state index contributed by atoms with van der Waals surface area (Å²) in [5, 5.41) is 10.5. The second kappa shape index (κ2) is 11.0. The highest BCUT2D eigenvalue weighted by Crippen LogP contribution is 2.29. The number of rotatable bonds is 9. The van der Waals surface area contributed by atoms with Crippen LogP contribution in [0.2, 0.25) is 5.02 Å². The predicted octanol–water partition coefficient (Wildman–Crippen LogP) is 5.98. The number of carbonyl (C=O) groups excluding carboxylic acids is 2. The molecule has 0 saturated carbocycles. The lowest BCUT2D eigenvalue weighted by atomic mass is 10.1. The standard InChI is InChI=1S/C23H25ClFN3O2S2/c1-4-28(5-2)19(15-8-9-31-13-15)12-26-23(30)21-14(3)10-20(32-21)27-22(29)17-7-6-16(25)11-18(17)24/h6-11,13,19H,4-5,12H2,1-3H3,(H,26,30)(H,27,29). The first-order valence-corrected chi connectivity index (χ1v) is 12.4. The van der Waals surface area contributed by atoms with Gasteiger partial charge in [0, 0.05) is 6.54 Å². The summed E-state index contributed by atoms with van der Waals surface area (Å²) in [5.74, 6) is -1.15. The minimum Gasteiger partial charge on any atom is -0.349 e. The number of nitrogens with zero attached hydrogens (tertiary/aromatic N) is 1. The van der Waals surface area contributed by atoms with Gasteiger partial charge in [-0.15, -0.1) is 11.3 Å². The van der Waals surface area contributed by atoms with Crippen molar-refractivity contribution in [2.45, 2.75) is 26.8 Å². The predicted molar refractivity (Wildman–Crippen MR) is 131 cm³/mol. The molecule has 0 radical (unpaired) electrons. The summed E-state index contributed by atoms with van der Waals surface area (Å²) in [6, 6.07) is 7.53. The van der Waals surface area contributed by atoms with Gasteiger partial charge in [0.05, 0.1) is 26.5 Å². The van der Waals surface area contributed by atoms with E-state index in [9.17, 15) is 14.0 Å². The van der Waals surface area contributed by atoms with Crippen LogP contribution in [0.3, 0.4) is 0 Å². The average molecular weight is 494 g/mol. The second-order valence-corrected chi connectivity index (χ2v) is 9.44. The van der Waals surface area contributed by atoms with Crippen LogP contribution >= 0.6 is 34.3 Å². The number of benzene rings is 1. The molecule has 9 heteroatoms. The second-order valence-electron chi connectivity index (χ2n) is 7.20. The highest BCUT2D eigenvalue weighted by atomic mass is 35.5. The maximum Gasteiger partial charge on any atom is 0.261 e. The monoisotopic (exact) mass is 493 g/mol. The Labute approximate surface area is 200 Å². The molecule has 170 valence electrons. The van der Waals surface area contributed by atoms with Crippen molar-refractivity contribution in [3.63, 3.8) is 0 Å². The van der Waals surface area contributed by atoms with Crippen LogP contribution in [-0.4, -0.2) is 36.3 Å². The normalized spacial score (nSPS) is 12.1. The van der Waals surface area contributed by atoms with Crippen LogP contribution in [0.4, 0.5) is 9.39 Å². The summed E-state index contributed by atoms with van der Waals surface area (Å²) in [4.78, 5) is 28.3. The van der Waals surface area contributed by atoms with Crippen molar-refractivity contribution in [3.05, 3.63) is 73.5 Å². The third-order valence-electron chi connectivity index (χ3n) is 5.17. The van der Waals surface area contributed by atoms with Gasteiger partial charge >= 0.3 is 0 Å². The number of halogens is 2. The van der Waals surface area contributed by atoms with Crippen LogP contribution in [0.5, 0.6) is 0 Å². The lowest BCUT2D eigenvalue weighted by molar-refractivity contribution is 0.0937. The summed E-state index contributed by atoms with van der Waals surface area (Å²) in [6.45, 7) is 8.29. The van der Waals surface area contributed by atoms with E-state index in [1.54, 1.807) is 17.4 Å². The summed E-state index contributed by atoms with van der Waals surface area (Å²) in [5.41, 5.74) is 2.12. The van der Waals surface area contributed by atoms with Crippen LogP contribution in [0.15, 0.2) is 41.1 Å². The molecule has 2 aromatic heterocycles. The summed E-state index contributed by atoms with van der Waals surface area (Å²) in [7, 11) is 0. The molecule has 0 aliphatic rings. The van der Waals surface area contributed by atoms with Crippen molar-refractivity contribution in [2.24, 2.45) is 0 Å². The summed E-state index contributed by atoms with van der Waals surface area (Å²) in [6.07, 6.45) is 0. The van der Waals surface area contributed by atoms with E-state index < -0.39 is 11.7 Å². The largest absolute Gasteiger partial charge is 0.349 e. The summed E-state index contributed by atoms with van der Waals surface area (Å²) < 4.78 is 13.2. The van der Waals surface area contributed by atoms with Crippen LogP contribution in [0, 0.1) is 12.7 Å². The Morgan fingerprint density at radius 1 is 1.16 bits per heavy atom. The molecule has 1 atom stereocenters. The van der Waals surface area contributed by atoms with E-state index in [1.807, 2.05) is 12.3 Å². The van der Waals surface area contributed by atoms with Crippen LogP contribution < -0.4 is 10.6 Å². The number of anilines is 1. The fraction of sp³-hybridized carbons (Fsp3) is 0.304. The Hall–Kier alpha value is -2.26. The molecular formula is C23H25ClFN3O2S2. The molecule has 2 heterocycles. The van der Waals surface area contributed by atoms with Crippen molar-refractivity contribution < 1.29 is 14.0 Å². The van der Waals surface area contributed by atoms with E-state index >= 15 is 0 Å². The maximum atomic E-state index is 13.2. The van der Waals surface area contributed by atoms with Crippen molar-refractivity contribution in [1.82, 2.24) is 10.2 Å². The van der Waals surface area contributed by atoms with Gasteiger partial charge in [0.25, 0.3) is 11.8 Å². The van der Waals surface area contributed by atoms with Gasteiger partial charge in [-0.3, -0.25) is 14.5 Å². The zero-order chi connectivity index (χ0) is 23.3. The molecule has 0 fully saturated rings. The van der Waals surface area contributed by atoms with Gasteiger partial charge in [0.1, 0.15) is 5.82 Å². The smallest absolute Gasteiger partial charge is 0.261 e. The van der Waals surface area contributed by atoms with Gasteiger partial charge in [-0.1, -0.05) is 25.4 Å². The number of aryl methyl sites for hydroxylation is 1. The van der Waals surface area contributed by atoms with Gasteiger partial charge in [-0.05, 0) is 72.2 Å². The van der Waals surface area contributed by atoms with Gasteiger partial charge in [-0.2, -0.15) is 11.3 Å². The number of thiophene rings is 2. The van der Waals surface area contributed by atoms with Crippen LogP contribution in [0.1, 0.15) is 51.0 Å². The number of nitrogens with one attached hydrogen (secondary N) is 2. The van der Waals surface area contributed by atoms with Gasteiger partial charge in [-0.25, -0.2) is 4.39 Å². The number of hydrogen-bond donors (Lipinski definition) is 2. The van der Waals surface area contributed by atoms with E-state index in [2.05, 4.69) is 40.8 Å². The molecule has 32 heavy (non-hydrogen) atoms. The van der Waals surface area contributed by atoms with E-state index in [4.69, 9.17) is 11.6 Å².